The lowest BCUT2D eigenvalue weighted by Gasteiger charge is -2.13. The Hall–Kier alpha value is -2.86. The average molecular weight is 337 g/mol. The fraction of sp³-hybridized carbons (Fsp3) is 0.263. The van der Waals surface area contributed by atoms with Crippen LogP contribution >= 0.6 is 0 Å². The lowest BCUT2D eigenvalue weighted by molar-refractivity contribution is -0.123. The van der Waals surface area contributed by atoms with Crippen molar-refractivity contribution in [1.29, 1.82) is 0 Å². The van der Waals surface area contributed by atoms with Crippen LogP contribution in [0, 0.1) is 0 Å². The number of amides is 1. The minimum Gasteiger partial charge on any atom is -0.489 e. The first kappa shape index (κ1) is 15.7. The number of hydrogen-bond acceptors (Lipinski definition) is 5. The van der Waals surface area contributed by atoms with E-state index in [4.69, 9.17) is 9.15 Å². The van der Waals surface area contributed by atoms with E-state index in [9.17, 15) is 4.79 Å². The van der Waals surface area contributed by atoms with Crippen LogP contribution in [0.3, 0.4) is 0 Å². The van der Waals surface area contributed by atoms with E-state index in [-0.39, 0.29) is 18.1 Å². The molecule has 128 valence electrons. The zero-order valence-electron chi connectivity index (χ0n) is 13.6. The molecule has 0 radical (unpaired) electrons. The fourth-order valence-corrected chi connectivity index (χ4v) is 3.03. The van der Waals surface area contributed by atoms with Crippen molar-refractivity contribution in [3.8, 4) is 5.75 Å². The maximum absolute atomic E-state index is 12.2. The molecule has 25 heavy (non-hydrogen) atoms. The third kappa shape index (κ3) is 3.64. The summed E-state index contributed by atoms with van der Waals surface area (Å²) in [6.45, 7) is 1.04. The molecule has 1 saturated heterocycles. The lowest BCUT2D eigenvalue weighted by atomic mass is 10.1. The highest BCUT2D eigenvalue weighted by Gasteiger charge is 2.30. The zero-order chi connectivity index (χ0) is 17.1. The second kappa shape index (κ2) is 6.94. The molecule has 1 amide bonds. The molecule has 2 aromatic heterocycles. The molecule has 1 aliphatic heterocycles. The quantitative estimate of drug-likeness (QED) is 0.747. The predicted octanol–water partition coefficient (Wildman–Crippen LogP) is 2.25. The number of nitrogens with one attached hydrogen (secondary N) is 2. The summed E-state index contributed by atoms with van der Waals surface area (Å²) in [6, 6.07) is 11.3. The first-order chi connectivity index (χ1) is 12.3. The monoisotopic (exact) mass is 337 g/mol. The van der Waals surface area contributed by atoms with Gasteiger partial charge in [0.05, 0.1) is 18.8 Å². The fourth-order valence-electron chi connectivity index (χ4n) is 3.03. The summed E-state index contributed by atoms with van der Waals surface area (Å²) in [5.41, 5.74) is 0. The SMILES string of the molecule is O=C(NCc1ccco1)[C@@H]1C[C@@H](Oc2ccc3cnccc3c2)CN1. The Labute approximate surface area is 145 Å². The van der Waals surface area contributed by atoms with Crippen LogP contribution in [-0.4, -0.2) is 29.6 Å². The van der Waals surface area contributed by atoms with Gasteiger partial charge in [0.25, 0.3) is 0 Å². The molecule has 4 rings (SSSR count). The average Bonchev–Trinajstić information content (AvgIpc) is 3.31. The topological polar surface area (TPSA) is 76.4 Å². The molecule has 1 aromatic carbocycles. The number of furan rings is 1. The molecule has 6 heteroatoms. The summed E-state index contributed by atoms with van der Waals surface area (Å²) in [6.07, 6.45) is 5.80. The minimum absolute atomic E-state index is 0.0290. The van der Waals surface area contributed by atoms with Crippen LogP contribution in [0.2, 0.25) is 0 Å². The number of benzene rings is 1. The van der Waals surface area contributed by atoms with E-state index in [1.54, 1.807) is 18.5 Å². The van der Waals surface area contributed by atoms with Crippen molar-refractivity contribution in [3.05, 3.63) is 60.8 Å². The molecule has 3 aromatic rings. The van der Waals surface area contributed by atoms with Crippen molar-refractivity contribution < 1.29 is 13.9 Å². The second-order valence-corrected chi connectivity index (χ2v) is 6.12. The van der Waals surface area contributed by atoms with Crippen LogP contribution < -0.4 is 15.4 Å². The van der Waals surface area contributed by atoms with Crippen LogP contribution in [0.25, 0.3) is 10.8 Å². The third-order valence-electron chi connectivity index (χ3n) is 4.34. The Bertz CT molecular complexity index is 863. The normalized spacial score (nSPS) is 19.8. The van der Waals surface area contributed by atoms with Crippen LogP contribution in [0.4, 0.5) is 0 Å². The second-order valence-electron chi connectivity index (χ2n) is 6.12. The van der Waals surface area contributed by atoms with E-state index in [0.29, 0.717) is 19.5 Å². The Kier molecular flexibility index (Phi) is 4.35. The molecule has 0 bridgehead atoms. The number of carbonyl (C=O) groups is 1. The van der Waals surface area contributed by atoms with Gasteiger partial charge in [-0.2, -0.15) is 0 Å². The van der Waals surface area contributed by atoms with Gasteiger partial charge in [-0.3, -0.25) is 9.78 Å². The summed E-state index contributed by atoms with van der Waals surface area (Å²) >= 11 is 0. The van der Waals surface area contributed by atoms with Gasteiger partial charge in [0, 0.05) is 30.7 Å². The van der Waals surface area contributed by atoms with E-state index in [1.807, 2.05) is 36.5 Å². The van der Waals surface area contributed by atoms with Gasteiger partial charge in [-0.1, -0.05) is 0 Å². The molecule has 0 unspecified atom stereocenters. The summed E-state index contributed by atoms with van der Waals surface area (Å²) < 4.78 is 11.3. The number of ether oxygens (including phenoxy) is 1. The first-order valence-corrected chi connectivity index (χ1v) is 8.32. The maximum atomic E-state index is 12.2. The van der Waals surface area contributed by atoms with Crippen LogP contribution in [0.5, 0.6) is 5.75 Å². The van der Waals surface area contributed by atoms with Gasteiger partial charge >= 0.3 is 0 Å². The van der Waals surface area contributed by atoms with Gasteiger partial charge in [0.2, 0.25) is 5.91 Å². The van der Waals surface area contributed by atoms with E-state index in [2.05, 4.69) is 15.6 Å². The number of rotatable bonds is 5. The van der Waals surface area contributed by atoms with E-state index in [1.165, 1.54) is 0 Å². The van der Waals surface area contributed by atoms with Gasteiger partial charge in [0.1, 0.15) is 17.6 Å². The molecule has 0 aliphatic carbocycles. The first-order valence-electron chi connectivity index (χ1n) is 8.32. The van der Waals surface area contributed by atoms with E-state index < -0.39 is 0 Å². The van der Waals surface area contributed by atoms with Gasteiger partial charge < -0.3 is 19.8 Å². The highest BCUT2D eigenvalue weighted by Crippen LogP contribution is 2.22. The molecule has 2 N–H and O–H groups in total. The molecular weight excluding hydrogens is 318 g/mol. The molecule has 0 saturated carbocycles. The summed E-state index contributed by atoms with van der Waals surface area (Å²) in [7, 11) is 0. The summed E-state index contributed by atoms with van der Waals surface area (Å²) in [4.78, 5) is 16.3. The Balaban J connectivity index is 1.32. The third-order valence-corrected chi connectivity index (χ3v) is 4.34. The largest absolute Gasteiger partial charge is 0.489 e. The maximum Gasteiger partial charge on any atom is 0.237 e. The molecule has 1 aliphatic rings. The van der Waals surface area contributed by atoms with E-state index in [0.717, 1.165) is 22.3 Å². The number of nitrogens with zero attached hydrogens (tertiary/aromatic N) is 1. The van der Waals surface area contributed by atoms with Crippen molar-refractivity contribution in [2.24, 2.45) is 0 Å². The summed E-state index contributed by atoms with van der Waals surface area (Å²) in [5.74, 6) is 1.51. The zero-order valence-corrected chi connectivity index (χ0v) is 13.6. The van der Waals surface area contributed by atoms with Crippen molar-refractivity contribution in [1.82, 2.24) is 15.6 Å². The Morgan fingerprint density at radius 3 is 3.16 bits per heavy atom. The molecule has 3 heterocycles. The highest BCUT2D eigenvalue weighted by molar-refractivity contribution is 5.83. The number of hydrogen-bond donors (Lipinski definition) is 2. The number of carbonyl (C=O) groups excluding carboxylic acids is 1. The van der Waals surface area contributed by atoms with Gasteiger partial charge in [-0.15, -0.1) is 0 Å². The lowest BCUT2D eigenvalue weighted by Crippen LogP contribution is -2.39. The molecule has 6 nitrogen and oxygen atoms in total. The summed E-state index contributed by atoms with van der Waals surface area (Å²) in [5, 5.41) is 8.26. The van der Waals surface area contributed by atoms with Crippen LogP contribution in [0.1, 0.15) is 12.2 Å². The molecular formula is C19H19N3O3. The van der Waals surface area contributed by atoms with Crippen molar-refractivity contribution >= 4 is 16.7 Å². The standard InChI is InChI=1S/C19H19N3O3/c23-19(22-11-16-2-1-7-24-16)18-9-17(12-21-18)25-15-4-3-14-10-20-6-5-13(14)8-15/h1-8,10,17-18,21H,9,11-12H2,(H,22,23)/t17-,18+/m1/s1. The van der Waals surface area contributed by atoms with Gasteiger partial charge in [-0.25, -0.2) is 0 Å². The molecule has 0 spiro atoms. The van der Waals surface area contributed by atoms with E-state index >= 15 is 0 Å². The van der Waals surface area contributed by atoms with Crippen LogP contribution in [0.15, 0.2) is 59.5 Å². The predicted molar refractivity (Wildman–Crippen MR) is 93.1 cm³/mol. The number of aromatic nitrogens is 1. The smallest absolute Gasteiger partial charge is 0.237 e. The number of pyridine rings is 1. The number of fused-ring (bicyclic) bond motifs is 1. The van der Waals surface area contributed by atoms with Gasteiger partial charge in [0.15, 0.2) is 0 Å². The van der Waals surface area contributed by atoms with Crippen molar-refractivity contribution in [2.75, 3.05) is 6.54 Å². The van der Waals surface area contributed by atoms with Crippen LogP contribution in [-0.2, 0) is 11.3 Å². The molecule has 1 fully saturated rings. The Morgan fingerprint density at radius 1 is 1.32 bits per heavy atom. The van der Waals surface area contributed by atoms with Gasteiger partial charge in [-0.05, 0) is 41.8 Å². The highest BCUT2D eigenvalue weighted by atomic mass is 16.5. The molecule has 2 atom stereocenters. The Morgan fingerprint density at radius 2 is 2.28 bits per heavy atom. The van der Waals surface area contributed by atoms with Crippen molar-refractivity contribution in [2.45, 2.75) is 25.1 Å². The minimum atomic E-state index is -0.246. The van der Waals surface area contributed by atoms with Crippen molar-refractivity contribution in [3.63, 3.8) is 0 Å².